The first-order valence-electron chi connectivity index (χ1n) is 11.4. The predicted molar refractivity (Wildman–Crippen MR) is 127 cm³/mol. The number of oxazole rings is 1. The number of benzene rings is 1. The third-order valence-corrected chi connectivity index (χ3v) is 5.96. The summed E-state index contributed by atoms with van der Waals surface area (Å²) >= 11 is 0. The van der Waals surface area contributed by atoms with Crippen molar-refractivity contribution in [3.63, 3.8) is 0 Å². The first kappa shape index (κ1) is 23.6. The van der Waals surface area contributed by atoms with Crippen molar-refractivity contribution in [2.24, 2.45) is 0 Å². The highest BCUT2D eigenvalue weighted by Crippen LogP contribution is 2.32. The van der Waals surface area contributed by atoms with Crippen LogP contribution in [0.25, 0.3) is 0 Å². The van der Waals surface area contributed by atoms with Crippen LogP contribution in [-0.4, -0.2) is 41.0 Å². The summed E-state index contributed by atoms with van der Waals surface area (Å²) in [7, 11) is 0. The molecule has 0 bridgehead atoms. The van der Waals surface area contributed by atoms with Crippen LogP contribution in [0.1, 0.15) is 61.3 Å². The number of nitrogens with one attached hydrogen (secondary N) is 1. The van der Waals surface area contributed by atoms with E-state index in [0.29, 0.717) is 24.5 Å². The van der Waals surface area contributed by atoms with E-state index in [-0.39, 0.29) is 23.1 Å². The lowest BCUT2D eigenvalue weighted by atomic mass is 9.87. The molecule has 178 valence electrons. The zero-order valence-electron chi connectivity index (χ0n) is 19.7. The van der Waals surface area contributed by atoms with Crippen LogP contribution in [0.2, 0.25) is 0 Å². The molecule has 1 saturated heterocycles. The summed E-state index contributed by atoms with van der Waals surface area (Å²) < 4.78 is 10.5. The van der Waals surface area contributed by atoms with E-state index in [2.05, 4.69) is 36.1 Å². The normalized spacial score (nSPS) is 15.5. The fourth-order valence-electron chi connectivity index (χ4n) is 4.02. The lowest BCUT2D eigenvalue weighted by Crippen LogP contribution is -2.48. The monoisotopic (exact) mass is 462 g/mol. The SMILES string of the molecule is CC(C)(C)c1ccc(N(C(=O)c2cocn2)C(C(=O)NC2CCOCC2)c2cccnc2)cc1. The zero-order valence-corrected chi connectivity index (χ0v) is 19.7. The number of carbonyl (C=O) groups is 2. The van der Waals surface area contributed by atoms with E-state index in [1.165, 1.54) is 17.6 Å². The summed E-state index contributed by atoms with van der Waals surface area (Å²) in [6, 6.07) is 10.3. The lowest BCUT2D eigenvalue weighted by Gasteiger charge is -2.33. The number of hydrogen-bond acceptors (Lipinski definition) is 6. The standard InChI is InChI=1S/C26H30N4O4/c1-26(2,3)19-6-8-21(9-7-19)30(25(32)22-16-34-17-28-22)23(18-5-4-12-27-15-18)24(31)29-20-10-13-33-14-11-20/h4-9,12,15-17,20,23H,10-11,13-14H2,1-3H3,(H,29,31). The van der Waals surface area contributed by atoms with E-state index < -0.39 is 11.9 Å². The molecule has 1 atom stereocenters. The van der Waals surface area contributed by atoms with Gasteiger partial charge in [0.05, 0.1) is 0 Å². The molecule has 3 heterocycles. The first-order valence-corrected chi connectivity index (χ1v) is 11.4. The predicted octanol–water partition coefficient (Wildman–Crippen LogP) is 4.05. The third kappa shape index (κ3) is 5.34. The quantitative estimate of drug-likeness (QED) is 0.594. The van der Waals surface area contributed by atoms with Crippen molar-refractivity contribution in [1.82, 2.24) is 15.3 Å². The molecule has 1 aliphatic heterocycles. The van der Waals surface area contributed by atoms with Crippen LogP contribution in [0.3, 0.4) is 0 Å². The van der Waals surface area contributed by atoms with E-state index in [0.717, 1.165) is 18.4 Å². The Hall–Kier alpha value is -3.52. The summed E-state index contributed by atoms with van der Waals surface area (Å²) in [6.45, 7) is 7.57. The molecule has 0 saturated carbocycles. The number of anilines is 1. The molecular weight excluding hydrogens is 432 g/mol. The van der Waals surface area contributed by atoms with Crippen LogP contribution in [-0.2, 0) is 14.9 Å². The molecule has 2 amide bonds. The van der Waals surface area contributed by atoms with Gasteiger partial charge in [-0.1, -0.05) is 39.0 Å². The number of ether oxygens (including phenoxy) is 1. The maximum atomic E-state index is 13.7. The number of amides is 2. The molecule has 4 rings (SSSR count). The molecule has 8 heteroatoms. The molecule has 1 aromatic carbocycles. The topological polar surface area (TPSA) is 97.6 Å². The Morgan fingerprint density at radius 1 is 1.12 bits per heavy atom. The summed E-state index contributed by atoms with van der Waals surface area (Å²) in [5.74, 6) is -0.718. The average molecular weight is 463 g/mol. The van der Waals surface area contributed by atoms with Crippen LogP contribution in [0.5, 0.6) is 0 Å². The van der Waals surface area contributed by atoms with Crippen LogP contribution in [0.15, 0.2) is 65.9 Å². The molecule has 0 spiro atoms. The minimum absolute atomic E-state index is 0.0207. The van der Waals surface area contributed by atoms with Gasteiger partial charge in [-0.2, -0.15) is 0 Å². The maximum absolute atomic E-state index is 13.7. The number of aromatic nitrogens is 2. The second-order valence-electron chi connectivity index (χ2n) is 9.43. The highest BCUT2D eigenvalue weighted by molar-refractivity contribution is 6.09. The Morgan fingerprint density at radius 3 is 2.44 bits per heavy atom. The molecule has 1 N–H and O–H groups in total. The van der Waals surface area contributed by atoms with E-state index in [1.807, 2.05) is 24.3 Å². The second-order valence-corrected chi connectivity index (χ2v) is 9.43. The first-order chi connectivity index (χ1) is 16.3. The molecule has 0 radical (unpaired) electrons. The van der Waals surface area contributed by atoms with E-state index in [9.17, 15) is 9.59 Å². The molecule has 34 heavy (non-hydrogen) atoms. The molecular formula is C26H30N4O4. The van der Waals surface area contributed by atoms with Crippen molar-refractivity contribution < 1.29 is 18.7 Å². The number of pyridine rings is 1. The van der Waals surface area contributed by atoms with Crippen molar-refractivity contribution in [3.8, 4) is 0 Å². The van der Waals surface area contributed by atoms with Gasteiger partial charge in [-0.25, -0.2) is 4.98 Å². The van der Waals surface area contributed by atoms with Gasteiger partial charge in [-0.15, -0.1) is 0 Å². The summed E-state index contributed by atoms with van der Waals surface area (Å²) in [5, 5.41) is 3.12. The van der Waals surface area contributed by atoms with Gasteiger partial charge in [-0.05, 0) is 42.0 Å². The van der Waals surface area contributed by atoms with Crippen LogP contribution in [0, 0.1) is 0 Å². The van der Waals surface area contributed by atoms with Crippen molar-refractivity contribution in [2.45, 2.75) is 51.1 Å². The maximum Gasteiger partial charge on any atom is 0.281 e. The fraction of sp³-hybridized carbons (Fsp3) is 0.385. The van der Waals surface area contributed by atoms with Gasteiger partial charge in [0.25, 0.3) is 5.91 Å². The number of carbonyl (C=O) groups excluding carboxylic acids is 2. The summed E-state index contributed by atoms with van der Waals surface area (Å²) in [5.41, 5.74) is 2.37. The minimum Gasteiger partial charge on any atom is -0.451 e. The molecule has 0 aliphatic carbocycles. The third-order valence-electron chi connectivity index (χ3n) is 5.96. The van der Waals surface area contributed by atoms with E-state index in [1.54, 1.807) is 24.5 Å². The lowest BCUT2D eigenvalue weighted by molar-refractivity contribution is -0.123. The van der Waals surface area contributed by atoms with Gasteiger partial charge in [0.15, 0.2) is 12.1 Å². The second kappa shape index (κ2) is 10.2. The number of hydrogen-bond donors (Lipinski definition) is 1. The Balaban J connectivity index is 1.77. The molecule has 1 aliphatic rings. The van der Waals surface area contributed by atoms with Crippen molar-refractivity contribution in [1.29, 1.82) is 0 Å². The van der Waals surface area contributed by atoms with E-state index in [4.69, 9.17) is 9.15 Å². The highest BCUT2D eigenvalue weighted by atomic mass is 16.5. The highest BCUT2D eigenvalue weighted by Gasteiger charge is 2.36. The van der Waals surface area contributed by atoms with E-state index >= 15 is 0 Å². The summed E-state index contributed by atoms with van der Waals surface area (Å²) in [4.78, 5) is 37.1. The van der Waals surface area contributed by atoms with Gasteiger partial charge in [0, 0.05) is 42.9 Å². The van der Waals surface area contributed by atoms with Gasteiger partial charge in [0.2, 0.25) is 5.91 Å². The Labute approximate surface area is 199 Å². The Kier molecular flexibility index (Phi) is 7.07. The van der Waals surface area contributed by atoms with Crippen molar-refractivity contribution in [3.05, 3.63) is 78.3 Å². The van der Waals surface area contributed by atoms with Gasteiger partial charge >= 0.3 is 0 Å². The van der Waals surface area contributed by atoms with Crippen molar-refractivity contribution >= 4 is 17.5 Å². The molecule has 1 unspecified atom stereocenters. The molecule has 2 aromatic heterocycles. The summed E-state index contributed by atoms with van der Waals surface area (Å²) in [6.07, 6.45) is 7.19. The number of rotatable bonds is 6. The smallest absolute Gasteiger partial charge is 0.281 e. The minimum atomic E-state index is -0.943. The molecule has 1 fully saturated rings. The molecule has 8 nitrogen and oxygen atoms in total. The van der Waals surface area contributed by atoms with Gasteiger partial charge < -0.3 is 14.5 Å². The van der Waals surface area contributed by atoms with Crippen LogP contribution >= 0.6 is 0 Å². The molecule has 3 aromatic rings. The van der Waals surface area contributed by atoms with Gasteiger partial charge in [0.1, 0.15) is 12.3 Å². The average Bonchev–Trinajstić information content (AvgIpc) is 3.38. The number of nitrogens with zero attached hydrogens (tertiary/aromatic N) is 3. The van der Waals surface area contributed by atoms with Crippen molar-refractivity contribution in [2.75, 3.05) is 18.1 Å². The van der Waals surface area contributed by atoms with Gasteiger partial charge in [-0.3, -0.25) is 19.5 Å². The fourth-order valence-corrected chi connectivity index (χ4v) is 4.02. The van der Waals surface area contributed by atoms with Crippen LogP contribution in [0.4, 0.5) is 5.69 Å². The van der Waals surface area contributed by atoms with Crippen LogP contribution < -0.4 is 10.2 Å². The Bertz CT molecular complexity index is 1090. The Morgan fingerprint density at radius 2 is 1.85 bits per heavy atom. The zero-order chi connectivity index (χ0) is 24.1. The largest absolute Gasteiger partial charge is 0.451 e.